The molecule has 0 bridgehead atoms. The highest BCUT2D eigenvalue weighted by molar-refractivity contribution is 6.03. The maximum Gasteiger partial charge on any atom is 0.270 e. The number of phenolic OH excluding ortho intramolecular Hbond substituents is 1. The van der Waals surface area contributed by atoms with Crippen molar-refractivity contribution in [1.82, 2.24) is 4.98 Å². The number of aliphatic imine (C=N–C) groups is 1. The summed E-state index contributed by atoms with van der Waals surface area (Å²) >= 11 is 0. The van der Waals surface area contributed by atoms with Gasteiger partial charge in [0.15, 0.2) is 5.58 Å². The van der Waals surface area contributed by atoms with Gasteiger partial charge < -0.3 is 9.52 Å². The number of hydrogen-bond acceptors (Lipinski definition) is 6. The fourth-order valence-corrected chi connectivity index (χ4v) is 3.95. The van der Waals surface area contributed by atoms with Crippen LogP contribution >= 0.6 is 0 Å². The Morgan fingerprint density at radius 1 is 1.00 bits per heavy atom. The molecular weight excluding hydrogens is 442 g/mol. The number of aromatic nitrogens is 1. The molecule has 0 unspecified atom stereocenters. The Hall–Kier alpha value is -4.52. The van der Waals surface area contributed by atoms with Gasteiger partial charge in [0.2, 0.25) is 5.89 Å². The quantitative estimate of drug-likeness (QED) is 0.170. The Labute approximate surface area is 201 Å². The van der Waals surface area contributed by atoms with Crippen molar-refractivity contribution in [2.24, 2.45) is 4.99 Å². The standard InChI is InChI=1S/C28H23N3O4/c1-28(2,3)19-7-4-17(5-8-19)27-30-24-15-20(9-13-26(24)35-27)29-16-23-22-11-10-21(31(33)34)14-18(22)6-12-25(23)32/h4-16,32H,1-3H3. The molecule has 35 heavy (non-hydrogen) atoms. The summed E-state index contributed by atoms with van der Waals surface area (Å²) in [5, 5.41) is 22.8. The van der Waals surface area contributed by atoms with E-state index in [0.717, 1.165) is 5.56 Å². The van der Waals surface area contributed by atoms with Gasteiger partial charge in [-0.1, -0.05) is 39.0 Å². The summed E-state index contributed by atoms with van der Waals surface area (Å²) in [6, 6.07) is 21.3. The normalized spacial score (nSPS) is 12.1. The van der Waals surface area contributed by atoms with Crippen molar-refractivity contribution >= 4 is 39.5 Å². The van der Waals surface area contributed by atoms with Gasteiger partial charge in [0.05, 0.1) is 10.6 Å². The zero-order valence-electron chi connectivity index (χ0n) is 19.5. The molecule has 0 saturated heterocycles. The number of non-ortho nitro benzene ring substituents is 1. The molecule has 174 valence electrons. The average molecular weight is 466 g/mol. The van der Waals surface area contributed by atoms with Crippen LogP contribution in [0.25, 0.3) is 33.3 Å². The lowest BCUT2D eigenvalue weighted by molar-refractivity contribution is -0.384. The maximum absolute atomic E-state index is 11.1. The van der Waals surface area contributed by atoms with Crippen LogP contribution in [0.3, 0.4) is 0 Å². The molecular formula is C28H23N3O4. The molecule has 1 aromatic heterocycles. The van der Waals surface area contributed by atoms with E-state index < -0.39 is 4.92 Å². The van der Waals surface area contributed by atoms with E-state index in [4.69, 9.17) is 4.42 Å². The molecule has 0 aliphatic carbocycles. The molecule has 1 N–H and O–H groups in total. The molecule has 0 aliphatic rings. The summed E-state index contributed by atoms with van der Waals surface area (Å²) in [7, 11) is 0. The predicted octanol–water partition coefficient (Wildman–Crippen LogP) is 7.31. The lowest BCUT2D eigenvalue weighted by Gasteiger charge is -2.18. The van der Waals surface area contributed by atoms with Gasteiger partial charge in [-0.25, -0.2) is 4.98 Å². The summed E-state index contributed by atoms with van der Waals surface area (Å²) < 4.78 is 5.95. The van der Waals surface area contributed by atoms with Crippen molar-refractivity contribution in [3.05, 3.63) is 94.0 Å². The van der Waals surface area contributed by atoms with Crippen molar-refractivity contribution in [2.75, 3.05) is 0 Å². The first kappa shape index (κ1) is 22.3. The minimum absolute atomic E-state index is 0.00795. The first-order valence-corrected chi connectivity index (χ1v) is 11.1. The molecule has 0 atom stereocenters. The molecule has 5 rings (SSSR count). The third-order valence-electron chi connectivity index (χ3n) is 5.94. The van der Waals surface area contributed by atoms with E-state index in [1.54, 1.807) is 18.3 Å². The molecule has 0 saturated carbocycles. The monoisotopic (exact) mass is 465 g/mol. The van der Waals surface area contributed by atoms with Crippen LogP contribution in [0, 0.1) is 10.1 Å². The number of phenols is 1. The van der Waals surface area contributed by atoms with E-state index in [1.165, 1.54) is 23.8 Å². The van der Waals surface area contributed by atoms with E-state index in [2.05, 4.69) is 42.9 Å². The maximum atomic E-state index is 11.1. The van der Waals surface area contributed by atoms with Crippen molar-refractivity contribution in [3.8, 4) is 17.2 Å². The predicted molar refractivity (Wildman–Crippen MR) is 138 cm³/mol. The lowest BCUT2D eigenvalue weighted by Crippen LogP contribution is -2.10. The Bertz CT molecular complexity index is 1610. The molecule has 7 nitrogen and oxygen atoms in total. The second-order valence-electron chi connectivity index (χ2n) is 9.42. The minimum Gasteiger partial charge on any atom is -0.507 e. The molecule has 4 aromatic carbocycles. The van der Waals surface area contributed by atoms with Crippen molar-refractivity contribution in [1.29, 1.82) is 0 Å². The van der Waals surface area contributed by atoms with Crippen LogP contribution < -0.4 is 0 Å². The summed E-state index contributed by atoms with van der Waals surface area (Å²) in [5.74, 6) is 0.577. The number of hydrogen-bond donors (Lipinski definition) is 1. The summed E-state index contributed by atoms with van der Waals surface area (Å²) in [5.41, 5.74) is 4.64. The van der Waals surface area contributed by atoms with Gasteiger partial charge in [-0.05, 0) is 64.2 Å². The van der Waals surface area contributed by atoms with Crippen LogP contribution in [0.1, 0.15) is 31.9 Å². The van der Waals surface area contributed by atoms with Crippen LogP contribution in [0.5, 0.6) is 5.75 Å². The number of aromatic hydroxyl groups is 1. The van der Waals surface area contributed by atoms with Gasteiger partial charge in [0, 0.05) is 29.5 Å². The van der Waals surface area contributed by atoms with E-state index in [-0.39, 0.29) is 16.9 Å². The Morgan fingerprint density at radius 3 is 2.49 bits per heavy atom. The van der Waals surface area contributed by atoms with Gasteiger partial charge >= 0.3 is 0 Å². The largest absolute Gasteiger partial charge is 0.507 e. The van der Waals surface area contributed by atoms with E-state index in [1.807, 2.05) is 30.3 Å². The van der Waals surface area contributed by atoms with Crippen molar-refractivity contribution in [3.63, 3.8) is 0 Å². The molecule has 1 heterocycles. The number of benzene rings is 4. The topological polar surface area (TPSA) is 102 Å². The molecule has 5 aromatic rings. The summed E-state index contributed by atoms with van der Waals surface area (Å²) in [6.45, 7) is 6.52. The first-order valence-electron chi connectivity index (χ1n) is 11.1. The van der Waals surface area contributed by atoms with Crippen LogP contribution in [-0.4, -0.2) is 21.2 Å². The molecule has 0 aliphatic heterocycles. The number of fused-ring (bicyclic) bond motifs is 2. The highest BCUT2D eigenvalue weighted by Crippen LogP contribution is 2.31. The molecule has 0 radical (unpaired) electrons. The van der Waals surface area contributed by atoms with Crippen LogP contribution in [0.15, 0.2) is 82.2 Å². The van der Waals surface area contributed by atoms with Gasteiger partial charge in [-0.2, -0.15) is 0 Å². The number of rotatable bonds is 4. The van der Waals surface area contributed by atoms with Gasteiger partial charge in [-0.15, -0.1) is 0 Å². The molecule has 7 heteroatoms. The highest BCUT2D eigenvalue weighted by atomic mass is 16.6. The highest BCUT2D eigenvalue weighted by Gasteiger charge is 2.15. The van der Waals surface area contributed by atoms with Crippen LogP contribution in [0.4, 0.5) is 11.4 Å². The number of nitrogens with zero attached hydrogens (tertiary/aromatic N) is 3. The number of nitro groups is 1. The second kappa shape index (κ2) is 8.36. The van der Waals surface area contributed by atoms with Gasteiger partial charge in [0.1, 0.15) is 11.3 Å². The zero-order valence-corrected chi connectivity index (χ0v) is 19.5. The minimum atomic E-state index is -0.444. The summed E-state index contributed by atoms with van der Waals surface area (Å²) in [6.07, 6.45) is 1.55. The average Bonchev–Trinajstić information content (AvgIpc) is 3.26. The van der Waals surface area contributed by atoms with Crippen molar-refractivity contribution < 1.29 is 14.4 Å². The Morgan fingerprint density at radius 2 is 1.77 bits per heavy atom. The Balaban J connectivity index is 1.46. The number of oxazole rings is 1. The van der Waals surface area contributed by atoms with Gasteiger partial charge in [0.25, 0.3) is 5.69 Å². The van der Waals surface area contributed by atoms with E-state index in [0.29, 0.717) is 39.0 Å². The van der Waals surface area contributed by atoms with Gasteiger partial charge in [-0.3, -0.25) is 15.1 Å². The fraction of sp³-hybridized carbons (Fsp3) is 0.143. The Kier molecular flexibility index (Phi) is 5.32. The second-order valence-corrected chi connectivity index (χ2v) is 9.42. The zero-order chi connectivity index (χ0) is 24.7. The SMILES string of the molecule is CC(C)(C)c1ccc(-c2nc3cc(N=Cc4c(O)ccc5cc([N+](=O)[O-])ccc45)ccc3o2)cc1. The van der Waals surface area contributed by atoms with Crippen molar-refractivity contribution in [2.45, 2.75) is 26.2 Å². The number of nitro benzene ring substituents is 1. The summed E-state index contributed by atoms with van der Waals surface area (Å²) in [4.78, 5) is 19.8. The fourth-order valence-electron chi connectivity index (χ4n) is 3.95. The lowest BCUT2D eigenvalue weighted by atomic mass is 9.87. The smallest absolute Gasteiger partial charge is 0.270 e. The van der Waals surface area contributed by atoms with Crippen LogP contribution in [-0.2, 0) is 5.41 Å². The first-order chi connectivity index (χ1) is 16.7. The van der Waals surface area contributed by atoms with E-state index in [9.17, 15) is 15.2 Å². The third kappa shape index (κ3) is 4.36. The van der Waals surface area contributed by atoms with E-state index >= 15 is 0 Å². The van der Waals surface area contributed by atoms with Crippen LogP contribution in [0.2, 0.25) is 0 Å². The molecule has 0 fully saturated rings. The third-order valence-corrected chi connectivity index (χ3v) is 5.94. The molecule has 0 amide bonds. The molecule has 0 spiro atoms.